The second-order valence-corrected chi connectivity index (χ2v) is 7.40. The van der Waals surface area contributed by atoms with E-state index in [1.165, 1.54) is 45.1 Å². The second kappa shape index (κ2) is 4.28. The van der Waals surface area contributed by atoms with Gasteiger partial charge in [-0.3, -0.25) is 4.90 Å². The molecule has 3 unspecified atom stereocenters. The Labute approximate surface area is 102 Å². The predicted molar refractivity (Wildman–Crippen MR) is 69.8 cm³/mol. The zero-order valence-corrected chi connectivity index (χ0v) is 11.6. The first-order valence-electron chi connectivity index (χ1n) is 6.11. The van der Waals surface area contributed by atoms with Crippen LogP contribution in [-0.4, -0.2) is 21.0 Å². The van der Waals surface area contributed by atoms with Crippen LogP contribution in [0.3, 0.4) is 0 Å². The van der Waals surface area contributed by atoms with Crippen LogP contribution in [0.1, 0.15) is 52.4 Å². The first-order chi connectivity index (χ1) is 6.65. The van der Waals surface area contributed by atoms with Gasteiger partial charge in [-0.25, -0.2) is 0 Å². The van der Waals surface area contributed by atoms with Gasteiger partial charge >= 0.3 is 0 Å². The van der Waals surface area contributed by atoms with E-state index in [1.54, 1.807) is 0 Å². The van der Waals surface area contributed by atoms with Gasteiger partial charge in [-0.2, -0.15) is 0 Å². The standard InChI is InChI=1S/C12H22IN/c1-3-14-11-7-5-4-6-10(11)8-9-12(14,2)13/h10-11H,3-9H2,1-2H3. The van der Waals surface area contributed by atoms with E-state index < -0.39 is 0 Å². The predicted octanol–water partition coefficient (Wildman–Crippen LogP) is 3.81. The molecule has 0 aromatic heterocycles. The molecule has 2 fully saturated rings. The average Bonchev–Trinajstić information content (AvgIpc) is 2.17. The Morgan fingerprint density at radius 3 is 2.71 bits per heavy atom. The number of alkyl halides is 1. The Morgan fingerprint density at radius 1 is 1.29 bits per heavy atom. The average molecular weight is 307 g/mol. The molecule has 0 radical (unpaired) electrons. The fraction of sp³-hybridized carbons (Fsp3) is 1.00. The van der Waals surface area contributed by atoms with Crippen LogP contribution >= 0.6 is 22.6 Å². The number of hydrogen-bond donors (Lipinski definition) is 0. The fourth-order valence-corrected chi connectivity index (χ4v) is 4.45. The second-order valence-electron chi connectivity index (χ2n) is 5.08. The number of hydrogen-bond acceptors (Lipinski definition) is 1. The molecule has 0 amide bonds. The largest absolute Gasteiger partial charge is 0.286 e. The molecule has 2 rings (SSSR count). The summed E-state index contributed by atoms with van der Waals surface area (Å²) < 4.78 is 0.436. The van der Waals surface area contributed by atoms with E-state index in [0.29, 0.717) is 3.55 Å². The summed E-state index contributed by atoms with van der Waals surface area (Å²) in [6.45, 7) is 5.98. The normalized spacial score (nSPS) is 44.8. The van der Waals surface area contributed by atoms with Gasteiger partial charge in [0.25, 0.3) is 0 Å². The highest BCUT2D eigenvalue weighted by Gasteiger charge is 2.42. The third-order valence-corrected chi connectivity index (χ3v) is 5.34. The number of nitrogens with zero attached hydrogens (tertiary/aromatic N) is 1. The third kappa shape index (κ3) is 1.97. The zero-order chi connectivity index (χ0) is 10.2. The smallest absolute Gasteiger partial charge is 0.0704 e. The van der Waals surface area contributed by atoms with Crippen LogP contribution in [0.5, 0.6) is 0 Å². The minimum atomic E-state index is 0.436. The van der Waals surface area contributed by atoms with Gasteiger partial charge in [-0.05, 0) is 45.1 Å². The van der Waals surface area contributed by atoms with Crippen molar-refractivity contribution in [3.8, 4) is 0 Å². The van der Waals surface area contributed by atoms with Crippen LogP contribution in [0.25, 0.3) is 0 Å². The fourth-order valence-electron chi connectivity index (χ4n) is 3.44. The molecule has 0 spiro atoms. The van der Waals surface area contributed by atoms with E-state index in [0.717, 1.165) is 12.0 Å². The van der Waals surface area contributed by atoms with Gasteiger partial charge in [0.2, 0.25) is 0 Å². The topological polar surface area (TPSA) is 3.24 Å². The SMILES string of the molecule is CCN1C2CCCCC2CCC1(C)I. The number of likely N-dealkylation sites (tertiary alicyclic amines) is 1. The first kappa shape index (κ1) is 11.2. The Bertz CT molecular complexity index is 202. The van der Waals surface area contributed by atoms with Crippen LogP contribution in [-0.2, 0) is 0 Å². The monoisotopic (exact) mass is 307 g/mol. The van der Waals surface area contributed by atoms with Crippen molar-refractivity contribution in [3.63, 3.8) is 0 Å². The highest BCUT2D eigenvalue weighted by atomic mass is 127. The number of rotatable bonds is 1. The molecule has 1 nitrogen and oxygen atoms in total. The van der Waals surface area contributed by atoms with Crippen molar-refractivity contribution in [2.45, 2.75) is 62.0 Å². The quantitative estimate of drug-likeness (QED) is 0.404. The van der Waals surface area contributed by atoms with Gasteiger partial charge in [0.05, 0.1) is 3.55 Å². The molecule has 0 aromatic rings. The Morgan fingerprint density at radius 2 is 2.00 bits per heavy atom. The van der Waals surface area contributed by atoms with Crippen LogP contribution in [0.2, 0.25) is 0 Å². The van der Waals surface area contributed by atoms with Crippen molar-refractivity contribution in [3.05, 3.63) is 0 Å². The first-order valence-corrected chi connectivity index (χ1v) is 7.18. The highest BCUT2D eigenvalue weighted by Crippen LogP contribution is 2.44. The molecule has 1 aliphatic carbocycles. The summed E-state index contributed by atoms with van der Waals surface area (Å²) in [5, 5.41) is 0. The molecular weight excluding hydrogens is 285 g/mol. The molecular formula is C12H22IN. The maximum absolute atomic E-state index is 2.76. The van der Waals surface area contributed by atoms with Gasteiger partial charge in [-0.1, -0.05) is 42.4 Å². The van der Waals surface area contributed by atoms with Gasteiger partial charge in [0.15, 0.2) is 0 Å². The lowest BCUT2D eigenvalue weighted by molar-refractivity contribution is 0.0185. The molecule has 1 aliphatic heterocycles. The maximum Gasteiger partial charge on any atom is 0.0704 e. The van der Waals surface area contributed by atoms with Gasteiger partial charge < -0.3 is 0 Å². The summed E-state index contributed by atoms with van der Waals surface area (Å²) in [4.78, 5) is 2.76. The van der Waals surface area contributed by atoms with E-state index in [-0.39, 0.29) is 0 Å². The van der Waals surface area contributed by atoms with Crippen LogP contribution in [0, 0.1) is 5.92 Å². The van der Waals surface area contributed by atoms with Crippen LogP contribution in [0.15, 0.2) is 0 Å². The molecule has 14 heavy (non-hydrogen) atoms. The van der Waals surface area contributed by atoms with Crippen molar-refractivity contribution < 1.29 is 0 Å². The van der Waals surface area contributed by atoms with E-state index in [9.17, 15) is 0 Å². The summed E-state index contributed by atoms with van der Waals surface area (Å²) in [5.41, 5.74) is 0. The van der Waals surface area contributed by atoms with Gasteiger partial charge in [0, 0.05) is 6.04 Å². The molecule has 2 aliphatic rings. The minimum Gasteiger partial charge on any atom is -0.286 e. The zero-order valence-electron chi connectivity index (χ0n) is 9.43. The molecule has 0 N–H and O–H groups in total. The summed E-state index contributed by atoms with van der Waals surface area (Å²) in [6, 6.07) is 0.907. The maximum atomic E-state index is 2.76. The Balaban J connectivity index is 2.13. The molecule has 2 heteroatoms. The van der Waals surface area contributed by atoms with Gasteiger partial charge in [-0.15, -0.1) is 0 Å². The molecule has 3 atom stereocenters. The molecule has 1 heterocycles. The Hall–Kier alpha value is 0.690. The minimum absolute atomic E-state index is 0.436. The molecule has 1 saturated heterocycles. The van der Waals surface area contributed by atoms with E-state index in [1.807, 2.05) is 0 Å². The van der Waals surface area contributed by atoms with Crippen molar-refractivity contribution in [2.24, 2.45) is 5.92 Å². The van der Waals surface area contributed by atoms with Crippen LogP contribution < -0.4 is 0 Å². The third-order valence-electron chi connectivity index (χ3n) is 4.18. The lowest BCUT2D eigenvalue weighted by atomic mass is 9.76. The van der Waals surface area contributed by atoms with E-state index in [2.05, 4.69) is 41.3 Å². The van der Waals surface area contributed by atoms with Crippen LogP contribution in [0.4, 0.5) is 0 Å². The molecule has 0 aromatic carbocycles. The summed E-state index contributed by atoms with van der Waals surface area (Å²) in [6.07, 6.45) is 8.76. The summed E-state index contributed by atoms with van der Waals surface area (Å²) in [5.74, 6) is 1.02. The number of halogens is 1. The van der Waals surface area contributed by atoms with Gasteiger partial charge in [0.1, 0.15) is 0 Å². The van der Waals surface area contributed by atoms with Crippen molar-refractivity contribution >= 4 is 22.6 Å². The summed E-state index contributed by atoms with van der Waals surface area (Å²) in [7, 11) is 0. The lowest BCUT2D eigenvalue weighted by Crippen LogP contribution is -2.55. The molecule has 1 saturated carbocycles. The van der Waals surface area contributed by atoms with Crippen molar-refractivity contribution in [1.82, 2.24) is 4.90 Å². The van der Waals surface area contributed by atoms with Crippen molar-refractivity contribution in [2.75, 3.05) is 6.54 Å². The Kier molecular flexibility index (Phi) is 3.42. The summed E-state index contributed by atoms with van der Waals surface area (Å²) >= 11 is 2.67. The molecule has 0 bridgehead atoms. The van der Waals surface area contributed by atoms with Crippen molar-refractivity contribution in [1.29, 1.82) is 0 Å². The number of piperidine rings is 1. The van der Waals surface area contributed by atoms with E-state index >= 15 is 0 Å². The molecule has 82 valence electrons. The number of fused-ring (bicyclic) bond motifs is 1. The lowest BCUT2D eigenvalue weighted by Gasteiger charge is -2.51. The van der Waals surface area contributed by atoms with E-state index in [4.69, 9.17) is 0 Å². The highest BCUT2D eigenvalue weighted by molar-refractivity contribution is 14.1.